The molecule has 6 heteroatoms. The molecular formula is C15H17N3O3. The Morgan fingerprint density at radius 2 is 2.24 bits per heavy atom. The molecule has 0 spiro atoms. The predicted octanol–water partition coefficient (Wildman–Crippen LogP) is 1.96. The molecule has 1 N–H and O–H groups in total. The SMILES string of the molecule is Cc1ccc(C(=O)N2CCCC2c2cc(C)on2)c(=O)[nH]1. The number of amides is 1. The molecule has 6 nitrogen and oxygen atoms in total. The molecule has 2 aromatic heterocycles. The zero-order valence-electron chi connectivity index (χ0n) is 12.0. The highest BCUT2D eigenvalue weighted by Gasteiger charge is 2.33. The van der Waals surface area contributed by atoms with Gasteiger partial charge in [-0.1, -0.05) is 5.16 Å². The third-order valence-corrected chi connectivity index (χ3v) is 3.79. The molecule has 3 rings (SSSR count). The second kappa shape index (κ2) is 5.20. The fourth-order valence-corrected chi connectivity index (χ4v) is 2.76. The largest absolute Gasteiger partial charge is 0.361 e. The molecule has 0 bridgehead atoms. The summed E-state index contributed by atoms with van der Waals surface area (Å²) in [6, 6.07) is 5.05. The van der Waals surface area contributed by atoms with Gasteiger partial charge in [0.2, 0.25) is 0 Å². The first-order chi connectivity index (χ1) is 10.1. The van der Waals surface area contributed by atoms with Crippen molar-refractivity contribution >= 4 is 5.91 Å². The minimum atomic E-state index is -0.345. The summed E-state index contributed by atoms with van der Waals surface area (Å²) in [6.07, 6.45) is 1.73. The lowest BCUT2D eigenvalue weighted by Crippen LogP contribution is -2.34. The van der Waals surface area contributed by atoms with Gasteiger partial charge in [0.05, 0.1) is 6.04 Å². The third-order valence-electron chi connectivity index (χ3n) is 3.79. The topological polar surface area (TPSA) is 79.2 Å². The van der Waals surface area contributed by atoms with E-state index in [0.29, 0.717) is 6.54 Å². The normalized spacial score (nSPS) is 18.2. The van der Waals surface area contributed by atoms with E-state index >= 15 is 0 Å². The second-order valence-electron chi connectivity index (χ2n) is 5.40. The van der Waals surface area contributed by atoms with Gasteiger partial charge in [0.15, 0.2) is 0 Å². The lowest BCUT2D eigenvalue weighted by atomic mass is 10.1. The molecule has 1 saturated heterocycles. The number of carbonyl (C=O) groups excluding carboxylic acids is 1. The van der Waals surface area contributed by atoms with Crippen LogP contribution < -0.4 is 5.56 Å². The number of hydrogen-bond donors (Lipinski definition) is 1. The van der Waals surface area contributed by atoms with Crippen LogP contribution in [0.15, 0.2) is 27.5 Å². The summed E-state index contributed by atoms with van der Waals surface area (Å²) >= 11 is 0. The summed E-state index contributed by atoms with van der Waals surface area (Å²) < 4.78 is 5.09. The van der Waals surface area contributed by atoms with Crippen molar-refractivity contribution in [2.45, 2.75) is 32.7 Å². The van der Waals surface area contributed by atoms with Crippen LogP contribution in [0, 0.1) is 13.8 Å². The van der Waals surface area contributed by atoms with Gasteiger partial charge in [-0.2, -0.15) is 0 Å². The Balaban J connectivity index is 1.91. The monoisotopic (exact) mass is 287 g/mol. The third kappa shape index (κ3) is 2.49. The predicted molar refractivity (Wildman–Crippen MR) is 76.1 cm³/mol. The highest BCUT2D eigenvalue weighted by Crippen LogP contribution is 2.32. The first-order valence-electron chi connectivity index (χ1n) is 7.00. The standard InChI is InChI=1S/C15H17N3O3/c1-9-5-6-11(14(19)16-9)15(20)18-7-3-4-13(18)12-8-10(2)21-17-12/h5-6,8,13H,3-4,7H2,1-2H3,(H,16,19). The highest BCUT2D eigenvalue weighted by atomic mass is 16.5. The van der Waals surface area contributed by atoms with Crippen LogP contribution in [0.5, 0.6) is 0 Å². The highest BCUT2D eigenvalue weighted by molar-refractivity contribution is 5.94. The van der Waals surface area contributed by atoms with Crippen LogP contribution in [0.1, 0.15) is 46.4 Å². The maximum atomic E-state index is 12.6. The van der Waals surface area contributed by atoms with Gasteiger partial charge in [0.1, 0.15) is 17.0 Å². The van der Waals surface area contributed by atoms with Crippen molar-refractivity contribution in [3.63, 3.8) is 0 Å². The quantitative estimate of drug-likeness (QED) is 0.915. The zero-order chi connectivity index (χ0) is 15.0. The molecule has 1 unspecified atom stereocenters. The first-order valence-corrected chi connectivity index (χ1v) is 7.00. The molecule has 110 valence electrons. The molecule has 3 heterocycles. The maximum absolute atomic E-state index is 12.6. The van der Waals surface area contributed by atoms with E-state index in [9.17, 15) is 9.59 Å². The van der Waals surface area contributed by atoms with Crippen LogP contribution >= 0.6 is 0 Å². The Labute approximate surface area is 121 Å². The lowest BCUT2D eigenvalue weighted by Gasteiger charge is -2.22. The minimum absolute atomic E-state index is 0.115. The second-order valence-corrected chi connectivity index (χ2v) is 5.40. The van der Waals surface area contributed by atoms with Crippen molar-refractivity contribution in [3.05, 3.63) is 51.3 Å². The van der Waals surface area contributed by atoms with Gasteiger partial charge in [-0.05, 0) is 38.8 Å². The summed E-state index contributed by atoms with van der Waals surface area (Å²) in [6.45, 7) is 4.23. The zero-order valence-corrected chi connectivity index (χ0v) is 12.0. The summed E-state index contributed by atoms with van der Waals surface area (Å²) in [4.78, 5) is 28.9. The number of pyridine rings is 1. The number of hydrogen-bond acceptors (Lipinski definition) is 4. The van der Waals surface area contributed by atoms with E-state index in [4.69, 9.17) is 4.52 Å². The molecule has 21 heavy (non-hydrogen) atoms. The molecule has 1 amide bonds. The maximum Gasteiger partial charge on any atom is 0.260 e. The van der Waals surface area contributed by atoms with E-state index in [0.717, 1.165) is 30.0 Å². The van der Waals surface area contributed by atoms with Crippen molar-refractivity contribution in [2.24, 2.45) is 0 Å². The van der Waals surface area contributed by atoms with Gasteiger partial charge in [0, 0.05) is 18.3 Å². The number of nitrogens with zero attached hydrogens (tertiary/aromatic N) is 2. The van der Waals surface area contributed by atoms with Crippen LogP contribution in [0.25, 0.3) is 0 Å². The van der Waals surface area contributed by atoms with Crippen LogP contribution in [0.4, 0.5) is 0 Å². The van der Waals surface area contributed by atoms with Crippen LogP contribution in [-0.4, -0.2) is 27.5 Å². The Hall–Kier alpha value is -2.37. The summed E-state index contributed by atoms with van der Waals surface area (Å²) in [7, 11) is 0. The Kier molecular flexibility index (Phi) is 3.37. The van der Waals surface area contributed by atoms with Crippen LogP contribution in [-0.2, 0) is 0 Å². The van der Waals surface area contributed by atoms with Gasteiger partial charge < -0.3 is 14.4 Å². The smallest absolute Gasteiger partial charge is 0.260 e. The summed E-state index contributed by atoms with van der Waals surface area (Å²) in [5, 5.41) is 4.01. The van der Waals surface area contributed by atoms with Gasteiger partial charge in [-0.25, -0.2) is 0 Å². The lowest BCUT2D eigenvalue weighted by molar-refractivity contribution is 0.0729. The molecule has 2 aromatic rings. The fourth-order valence-electron chi connectivity index (χ4n) is 2.76. The van der Waals surface area contributed by atoms with E-state index in [2.05, 4.69) is 10.1 Å². The molecule has 0 saturated carbocycles. The number of likely N-dealkylation sites (tertiary alicyclic amines) is 1. The van der Waals surface area contributed by atoms with Crippen molar-refractivity contribution in [2.75, 3.05) is 6.54 Å². The number of nitrogens with one attached hydrogen (secondary N) is 1. The number of H-pyrrole nitrogens is 1. The molecule has 0 radical (unpaired) electrons. The molecule has 1 aliphatic rings. The van der Waals surface area contributed by atoms with Crippen molar-refractivity contribution < 1.29 is 9.32 Å². The van der Waals surface area contributed by atoms with Crippen molar-refractivity contribution in [1.82, 2.24) is 15.0 Å². The number of rotatable bonds is 2. The van der Waals surface area contributed by atoms with E-state index in [1.54, 1.807) is 24.0 Å². The average molecular weight is 287 g/mol. The molecule has 0 aromatic carbocycles. The Morgan fingerprint density at radius 1 is 1.43 bits per heavy atom. The summed E-state index contributed by atoms with van der Waals surface area (Å²) in [5.74, 6) is 0.469. The van der Waals surface area contributed by atoms with Gasteiger partial charge in [-0.3, -0.25) is 9.59 Å². The van der Waals surface area contributed by atoms with Gasteiger partial charge >= 0.3 is 0 Å². The van der Waals surface area contributed by atoms with E-state index < -0.39 is 0 Å². The molecular weight excluding hydrogens is 270 g/mol. The van der Waals surface area contributed by atoms with E-state index in [1.807, 2.05) is 13.0 Å². The van der Waals surface area contributed by atoms with Gasteiger partial charge in [-0.15, -0.1) is 0 Å². The van der Waals surface area contributed by atoms with E-state index in [-0.39, 0.29) is 23.1 Å². The molecule has 0 aliphatic carbocycles. The minimum Gasteiger partial charge on any atom is -0.361 e. The number of carbonyl (C=O) groups is 1. The number of aromatic amines is 1. The van der Waals surface area contributed by atoms with Crippen LogP contribution in [0.2, 0.25) is 0 Å². The van der Waals surface area contributed by atoms with Crippen LogP contribution in [0.3, 0.4) is 0 Å². The van der Waals surface area contributed by atoms with Crippen molar-refractivity contribution in [1.29, 1.82) is 0 Å². The number of aromatic nitrogens is 2. The molecule has 1 atom stereocenters. The molecule has 1 aliphatic heterocycles. The first kappa shape index (κ1) is 13.6. The summed E-state index contributed by atoms with van der Waals surface area (Å²) in [5.41, 5.74) is 1.32. The fraction of sp³-hybridized carbons (Fsp3) is 0.400. The number of aryl methyl sites for hydroxylation is 2. The van der Waals surface area contributed by atoms with E-state index in [1.165, 1.54) is 0 Å². The molecule has 1 fully saturated rings. The van der Waals surface area contributed by atoms with Crippen molar-refractivity contribution in [3.8, 4) is 0 Å². The Morgan fingerprint density at radius 3 is 2.90 bits per heavy atom. The average Bonchev–Trinajstić information content (AvgIpc) is 3.06. The van der Waals surface area contributed by atoms with Gasteiger partial charge in [0.25, 0.3) is 11.5 Å². The Bertz CT molecular complexity index is 732.